The third-order valence-corrected chi connectivity index (χ3v) is 6.24. The number of thiazole rings is 1. The van der Waals surface area contributed by atoms with Crippen LogP contribution < -0.4 is 15.4 Å². The fourth-order valence-corrected chi connectivity index (χ4v) is 4.03. The highest BCUT2D eigenvalue weighted by Gasteiger charge is 2.29. The van der Waals surface area contributed by atoms with E-state index in [9.17, 15) is 4.79 Å². The molecule has 0 saturated carbocycles. The van der Waals surface area contributed by atoms with Gasteiger partial charge in [-0.3, -0.25) is 4.79 Å². The SMILES string of the molecule is COc1ccc(-c2nc(C)c(C(C)NC(=O)C(C)C3CNC3)s2)cc1. The van der Waals surface area contributed by atoms with Gasteiger partial charge in [-0.1, -0.05) is 6.92 Å². The number of nitrogens with one attached hydrogen (secondary N) is 2. The number of carbonyl (C=O) groups excluding carboxylic acids is 1. The first-order chi connectivity index (χ1) is 12.0. The van der Waals surface area contributed by atoms with Crippen molar-refractivity contribution in [3.05, 3.63) is 34.8 Å². The van der Waals surface area contributed by atoms with E-state index in [1.165, 1.54) is 0 Å². The van der Waals surface area contributed by atoms with Gasteiger partial charge in [0, 0.05) is 11.5 Å². The van der Waals surface area contributed by atoms with E-state index in [4.69, 9.17) is 4.74 Å². The number of aromatic nitrogens is 1. The van der Waals surface area contributed by atoms with Gasteiger partial charge in [0.2, 0.25) is 5.91 Å². The van der Waals surface area contributed by atoms with Crippen LogP contribution in [0.2, 0.25) is 0 Å². The second kappa shape index (κ2) is 7.54. The minimum atomic E-state index is -0.0347. The molecule has 1 fully saturated rings. The Balaban J connectivity index is 1.71. The zero-order valence-corrected chi connectivity index (χ0v) is 15.9. The summed E-state index contributed by atoms with van der Waals surface area (Å²) in [6.45, 7) is 7.91. The molecular formula is C19H25N3O2S. The molecule has 5 nitrogen and oxygen atoms in total. The first-order valence-corrected chi connectivity index (χ1v) is 9.44. The average Bonchev–Trinajstić information content (AvgIpc) is 2.95. The van der Waals surface area contributed by atoms with Crippen LogP contribution in [0, 0.1) is 18.8 Å². The van der Waals surface area contributed by atoms with Gasteiger partial charge in [0.1, 0.15) is 10.8 Å². The van der Waals surface area contributed by atoms with Crippen molar-refractivity contribution in [2.24, 2.45) is 11.8 Å². The van der Waals surface area contributed by atoms with Crippen LogP contribution in [-0.4, -0.2) is 31.1 Å². The predicted molar refractivity (Wildman–Crippen MR) is 101 cm³/mol. The molecule has 2 N–H and O–H groups in total. The van der Waals surface area contributed by atoms with E-state index in [2.05, 4.69) is 15.6 Å². The van der Waals surface area contributed by atoms with Crippen molar-refractivity contribution in [2.45, 2.75) is 26.8 Å². The maximum atomic E-state index is 12.5. The first kappa shape index (κ1) is 17.9. The fraction of sp³-hybridized carbons (Fsp3) is 0.474. The minimum absolute atomic E-state index is 0.0347. The van der Waals surface area contributed by atoms with Gasteiger partial charge in [0.05, 0.1) is 23.7 Å². The molecule has 3 rings (SSSR count). The van der Waals surface area contributed by atoms with Crippen LogP contribution in [0.3, 0.4) is 0 Å². The number of aryl methyl sites for hydroxylation is 1. The Bertz CT molecular complexity index is 738. The van der Waals surface area contributed by atoms with Crippen molar-refractivity contribution in [3.63, 3.8) is 0 Å². The molecule has 6 heteroatoms. The summed E-state index contributed by atoms with van der Waals surface area (Å²) in [4.78, 5) is 18.2. The maximum absolute atomic E-state index is 12.5. The molecule has 2 atom stereocenters. The van der Waals surface area contributed by atoms with E-state index in [-0.39, 0.29) is 17.9 Å². The molecular weight excluding hydrogens is 334 g/mol. The molecule has 1 aliphatic rings. The largest absolute Gasteiger partial charge is 0.497 e. The maximum Gasteiger partial charge on any atom is 0.223 e. The summed E-state index contributed by atoms with van der Waals surface area (Å²) in [7, 11) is 1.66. The Kier molecular flexibility index (Phi) is 5.39. The lowest BCUT2D eigenvalue weighted by Crippen LogP contribution is -2.49. The van der Waals surface area contributed by atoms with Crippen molar-refractivity contribution in [1.29, 1.82) is 0 Å². The standard InChI is InChI=1S/C19H25N3O2S/c1-11(15-9-20-10-15)18(23)21-12(2)17-13(3)22-19(25-17)14-5-7-16(24-4)8-6-14/h5-8,11-12,15,20H,9-10H2,1-4H3,(H,21,23). The fourth-order valence-electron chi connectivity index (χ4n) is 2.96. The van der Waals surface area contributed by atoms with Gasteiger partial charge in [-0.2, -0.15) is 0 Å². The Hall–Kier alpha value is -1.92. The summed E-state index contributed by atoms with van der Waals surface area (Å²) < 4.78 is 5.20. The van der Waals surface area contributed by atoms with Crippen molar-refractivity contribution < 1.29 is 9.53 Å². The van der Waals surface area contributed by atoms with Gasteiger partial charge in [-0.05, 0) is 57.1 Å². The summed E-state index contributed by atoms with van der Waals surface area (Å²) in [6, 6.07) is 7.86. The molecule has 1 aromatic heterocycles. The highest BCUT2D eigenvalue weighted by atomic mass is 32.1. The number of ether oxygens (including phenoxy) is 1. The smallest absolute Gasteiger partial charge is 0.223 e. The van der Waals surface area contributed by atoms with E-state index in [1.807, 2.05) is 45.0 Å². The molecule has 25 heavy (non-hydrogen) atoms. The molecule has 1 aliphatic heterocycles. The molecule has 1 saturated heterocycles. The average molecular weight is 359 g/mol. The molecule has 2 aromatic rings. The molecule has 0 spiro atoms. The van der Waals surface area contributed by atoms with E-state index >= 15 is 0 Å². The van der Waals surface area contributed by atoms with Crippen LogP contribution in [0.5, 0.6) is 5.75 Å². The lowest BCUT2D eigenvalue weighted by molar-refractivity contribution is -0.127. The van der Waals surface area contributed by atoms with Crippen LogP contribution in [0.15, 0.2) is 24.3 Å². The lowest BCUT2D eigenvalue weighted by atomic mass is 9.88. The number of carbonyl (C=O) groups is 1. The molecule has 134 valence electrons. The van der Waals surface area contributed by atoms with Crippen LogP contribution in [-0.2, 0) is 4.79 Å². The van der Waals surface area contributed by atoms with Crippen LogP contribution in [0.25, 0.3) is 10.6 Å². The summed E-state index contributed by atoms with van der Waals surface area (Å²) >= 11 is 1.64. The van der Waals surface area contributed by atoms with Gasteiger partial charge in [0.25, 0.3) is 0 Å². The van der Waals surface area contributed by atoms with E-state index in [1.54, 1.807) is 18.4 Å². The predicted octanol–water partition coefficient (Wildman–Crippen LogP) is 3.16. The van der Waals surface area contributed by atoms with E-state index in [0.29, 0.717) is 5.92 Å². The van der Waals surface area contributed by atoms with Crippen LogP contribution in [0.1, 0.15) is 30.5 Å². The monoisotopic (exact) mass is 359 g/mol. The van der Waals surface area contributed by atoms with Gasteiger partial charge < -0.3 is 15.4 Å². The first-order valence-electron chi connectivity index (χ1n) is 8.62. The minimum Gasteiger partial charge on any atom is -0.497 e. The van der Waals surface area contributed by atoms with Crippen molar-refractivity contribution in [2.75, 3.05) is 20.2 Å². The van der Waals surface area contributed by atoms with Gasteiger partial charge in [-0.15, -0.1) is 11.3 Å². The van der Waals surface area contributed by atoms with Crippen LogP contribution in [0.4, 0.5) is 0 Å². The van der Waals surface area contributed by atoms with Crippen LogP contribution >= 0.6 is 11.3 Å². The normalized spacial score (nSPS) is 16.8. The number of amides is 1. The zero-order chi connectivity index (χ0) is 18.0. The Morgan fingerprint density at radius 2 is 2.00 bits per heavy atom. The second-order valence-electron chi connectivity index (χ2n) is 6.63. The number of benzene rings is 1. The third-order valence-electron chi connectivity index (χ3n) is 4.86. The summed E-state index contributed by atoms with van der Waals surface area (Å²) in [5.41, 5.74) is 2.04. The highest BCUT2D eigenvalue weighted by Crippen LogP contribution is 2.32. The Morgan fingerprint density at radius 1 is 1.32 bits per heavy atom. The van der Waals surface area contributed by atoms with Gasteiger partial charge >= 0.3 is 0 Å². The molecule has 1 amide bonds. The Labute approximate surface area is 152 Å². The van der Waals surface area contributed by atoms with E-state index < -0.39 is 0 Å². The van der Waals surface area contributed by atoms with Crippen molar-refractivity contribution in [3.8, 4) is 16.3 Å². The molecule has 0 aliphatic carbocycles. The molecule has 1 aromatic carbocycles. The molecule has 0 bridgehead atoms. The highest BCUT2D eigenvalue weighted by molar-refractivity contribution is 7.15. The van der Waals surface area contributed by atoms with Crippen molar-refractivity contribution in [1.82, 2.24) is 15.6 Å². The number of rotatable bonds is 6. The summed E-state index contributed by atoms with van der Waals surface area (Å²) in [6.07, 6.45) is 0. The summed E-state index contributed by atoms with van der Waals surface area (Å²) in [5, 5.41) is 7.34. The number of methoxy groups -OCH3 is 1. The topological polar surface area (TPSA) is 63.2 Å². The third kappa shape index (κ3) is 3.85. The van der Waals surface area contributed by atoms with E-state index in [0.717, 1.165) is 40.0 Å². The number of hydrogen-bond acceptors (Lipinski definition) is 5. The second-order valence-corrected chi connectivity index (χ2v) is 7.67. The zero-order valence-electron chi connectivity index (χ0n) is 15.1. The molecule has 2 unspecified atom stereocenters. The molecule has 0 radical (unpaired) electrons. The van der Waals surface area contributed by atoms with Gasteiger partial charge in [0.15, 0.2) is 0 Å². The quantitative estimate of drug-likeness (QED) is 0.832. The van der Waals surface area contributed by atoms with Gasteiger partial charge in [-0.25, -0.2) is 4.98 Å². The lowest BCUT2D eigenvalue weighted by Gasteiger charge is -2.32. The Morgan fingerprint density at radius 3 is 2.56 bits per heavy atom. The summed E-state index contributed by atoms with van der Waals surface area (Å²) in [5.74, 6) is 1.44. The molecule has 2 heterocycles. The van der Waals surface area contributed by atoms with Crippen molar-refractivity contribution >= 4 is 17.2 Å². The number of nitrogens with zero attached hydrogens (tertiary/aromatic N) is 1. The number of hydrogen-bond donors (Lipinski definition) is 2.